The van der Waals surface area contributed by atoms with Crippen molar-refractivity contribution in [3.8, 4) is 0 Å². The van der Waals surface area contributed by atoms with E-state index in [-0.39, 0.29) is 10.9 Å². The minimum Gasteiger partial charge on any atom is -0.368 e. The van der Waals surface area contributed by atoms with Gasteiger partial charge in [-0.25, -0.2) is 4.39 Å². The lowest BCUT2D eigenvalue weighted by Crippen LogP contribution is -2.26. The van der Waals surface area contributed by atoms with Crippen molar-refractivity contribution in [1.82, 2.24) is 0 Å². The zero-order chi connectivity index (χ0) is 11.5. The summed E-state index contributed by atoms with van der Waals surface area (Å²) < 4.78 is 18.0. The van der Waals surface area contributed by atoms with Crippen molar-refractivity contribution < 1.29 is 13.9 Å². The lowest BCUT2D eigenvalue weighted by molar-refractivity contribution is -0.124. The van der Waals surface area contributed by atoms with E-state index in [9.17, 15) is 9.18 Å². The molecule has 0 aromatic heterocycles. The molecule has 1 amide bonds. The molecule has 1 aliphatic heterocycles. The largest absolute Gasteiger partial charge is 0.368 e. The number of carbonyl (C=O) groups excluding carboxylic acids is 1. The highest BCUT2D eigenvalue weighted by molar-refractivity contribution is 6.33. The molecule has 0 aliphatic carbocycles. The van der Waals surface area contributed by atoms with E-state index < -0.39 is 11.9 Å². The summed E-state index contributed by atoms with van der Waals surface area (Å²) in [5, 5.41) is 2.80. The van der Waals surface area contributed by atoms with E-state index >= 15 is 0 Å². The Morgan fingerprint density at radius 3 is 3.00 bits per heavy atom. The molecule has 3 nitrogen and oxygen atoms in total. The normalized spacial score (nSPS) is 19.8. The molecule has 1 heterocycles. The van der Waals surface area contributed by atoms with Crippen LogP contribution in [0.15, 0.2) is 18.2 Å². The lowest BCUT2D eigenvalue weighted by atomic mass is 10.2. The Labute approximate surface area is 97.5 Å². The number of hydrogen-bond donors (Lipinski definition) is 1. The summed E-state index contributed by atoms with van der Waals surface area (Å²) in [5.74, 6) is -0.661. The number of carbonyl (C=O) groups is 1. The predicted octanol–water partition coefficient (Wildman–Crippen LogP) is 2.60. The van der Waals surface area contributed by atoms with Crippen LogP contribution in [-0.4, -0.2) is 18.6 Å². The van der Waals surface area contributed by atoms with Crippen LogP contribution in [0.1, 0.15) is 12.8 Å². The van der Waals surface area contributed by atoms with Gasteiger partial charge in [0, 0.05) is 6.61 Å². The predicted molar refractivity (Wildman–Crippen MR) is 59.0 cm³/mol. The van der Waals surface area contributed by atoms with Crippen LogP contribution in [0.2, 0.25) is 5.02 Å². The van der Waals surface area contributed by atoms with E-state index in [2.05, 4.69) is 5.32 Å². The van der Waals surface area contributed by atoms with Crippen molar-refractivity contribution in [3.63, 3.8) is 0 Å². The van der Waals surface area contributed by atoms with Crippen LogP contribution in [0.5, 0.6) is 0 Å². The molecular weight excluding hydrogens is 233 g/mol. The van der Waals surface area contributed by atoms with Crippen LogP contribution in [-0.2, 0) is 9.53 Å². The monoisotopic (exact) mass is 243 g/mol. The summed E-state index contributed by atoms with van der Waals surface area (Å²) >= 11 is 5.78. The van der Waals surface area contributed by atoms with Crippen molar-refractivity contribution >= 4 is 23.2 Å². The van der Waals surface area contributed by atoms with Gasteiger partial charge in [-0.1, -0.05) is 11.6 Å². The molecule has 2 rings (SSSR count). The molecule has 16 heavy (non-hydrogen) atoms. The van der Waals surface area contributed by atoms with Crippen LogP contribution < -0.4 is 5.32 Å². The van der Waals surface area contributed by atoms with E-state index in [4.69, 9.17) is 16.3 Å². The van der Waals surface area contributed by atoms with Gasteiger partial charge in [-0.3, -0.25) is 4.79 Å². The van der Waals surface area contributed by atoms with Crippen LogP contribution in [0.25, 0.3) is 0 Å². The summed E-state index contributed by atoms with van der Waals surface area (Å²) in [6.07, 6.45) is 1.18. The van der Waals surface area contributed by atoms with E-state index in [0.29, 0.717) is 18.7 Å². The smallest absolute Gasteiger partial charge is 0.253 e. The standard InChI is InChI=1S/C11H11ClFNO2/c12-8-6-7(13)3-4-9(8)14-11(15)10-2-1-5-16-10/h3-4,6,10H,1-2,5H2,(H,14,15). The second kappa shape index (κ2) is 4.80. The average molecular weight is 244 g/mol. The number of hydrogen-bond acceptors (Lipinski definition) is 2. The highest BCUT2D eigenvalue weighted by Crippen LogP contribution is 2.23. The molecular formula is C11H11ClFNO2. The van der Waals surface area contributed by atoms with E-state index in [1.165, 1.54) is 12.1 Å². The lowest BCUT2D eigenvalue weighted by Gasteiger charge is -2.11. The summed E-state index contributed by atoms with van der Waals surface area (Å²) in [6.45, 7) is 0.606. The third-order valence-corrected chi connectivity index (χ3v) is 2.72. The van der Waals surface area contributed by atoms with Crippen LogP contribution in [0.4, 0.5) is 10.1 Å². The maximum atomic E-state index is 12.8. The third kappa shape index (κ3) is 2.51. The van der Waals surface area contributed by atoms with Crippen molar-refractivity contribution in [3.05, 3.63) is 29.0 Å². The number of nitrogens with one attached hydrogen (secondary N) is 1. The van der Waals surface area contributed by atoms with Gasteiger partial charge in [0.1, 0.15) is 11.9 Å². The maximum absolute atomic E-state index is 12.8. The molecule has 0 spiro atoms. The second-order valence-corrected chi connectivity index (χ2v) is 4.02. The number of benzene rings is 1. The van der Waals surface area contributed by atoms with Gasteiger partial charge in [0.05, 0.1) is 10.7 Å². The fourth-order valence-electron chi connectivity index (χ4n) is 1.59. The van der Waals surface area contributed by atoms with Crippen LogP contribution in [0, 0.1) is 5.82 Å². The molecule has 5 heteroatoms. The molecule has 1 fully saturated rings. The van der Waals surface area contributed by atoms with Gasteiger partial charge in [0.2, 0.25) is 0 Å². The van der Waals surface area contributed by atoms with Crippen molar-refractivity contribution in [2.45, 2.75) is 18.9 Å². The molecule has 1 aromatic carbocycles. The van der Waals surface area contributed by atoms with Gasteiger partial charge in [-0.15, -0.1) is 0 Å². The van der Waals surface area contributed by atoms with Gasteiger partial charge in [0.15, 0.2) is 0 Å². The molecule has 1 atom stereocenters. The Morgan fingerprint density at radius 2 is 2.38 bits per heavy atom. The Balaban J connectivity index is 2.05. The second-order valence-electron chi connectivity index (χ2n) is 3.62. The maximum Gasteiger partial charge on any atom is 0.253 e. The first kappa shape index (κ1) is 11.4. The van der Waals surface area contributed by atoms with Gasteiger partial charge < -0.3 is 10.1 Å². The summed E-state index contributed by atoms with van der Waals surface area (Å²) in [6, 6.07) is 3.84. The van der Waals surface area contributed by atoms with E-state index in [1.807, 2.05) is 0 Å². The van der Waals surface area contributed by atoms with Crippen LogP contribution in [0.3, 0.4) is 0 Å². The quantitative estimate of drug-likeness (QED) is 0.867. The highest BCUT2D eigenvalue weighted by Gasteiger charge is 2.23. The Bertz CT molecular complexity index is 405. The topological polar surface area (TPSA) is 38.3 Å². The molecule has 0 radical (unpaired) electrons. The Morgan fingerprint density at radius 1 is 1.56 bits per heavy atom. The average Bonchev–Trinajstić information content (AvgIpc) is 2.75. The first-order valence-electron chi connectivity index (χ1n) is 5.04. The van der Waals surface area contributed by atoms with Crippen molar-refractivity contribution in [2.75, 3.05) is 11.9 Å². The zero-order valence-corrected chi connectivity index (χ0v) is 9.26. The molecule has 1 aliphatic rings. The molecule has 1 saturated heterocycles. The number of anilines is 1. The van der Waals surface area contributed by atoms with Gasteiger partial charge in [-0.2, -0.15) is 0 Å². The number of halogens is 2. The molecule has 0 saturated carbocycles. The SMILES string of the molecule is O=C(Nc1ccc(F)cc1Cl)C1CCCO1. The van der Waals surface area contributed by atoms with Crippen LogP contribution >= 0.6 is 11.6 Å². The minimum atomic E-state index is -0.430. The molecule has 0 bridgehead atoms. The highest BCUT2D eigenvalue weighted by atomic mass is 35.5. The van der Waals surface area contributed by atoms with Gasteiger partial charge in [-0.05, 0) is 31.0 Å². The molecule has 1 N–H and O–H groups in total. The van der Waals surface area contributed by atoms with Crippen molar-refractivity contribution in [2.24, 2.45) is 0 Å². The summed E-state index contributed by atoms with van der Waals surface area (Å²) in [4.78, 5) is 11.7. The fourth-order valence-corrected chi connectivity index (χ4v) is 1.80. The van der Waals surface area contributed by atoms with Gasteiger partial charge >= 0.3 is 0 Å². The number of ether oxygens (including phenoxy) is 1. The first-order chi connectivity index (χ1) is 7.66. The van der Waals surface area contributed by atoms with Gasteiger partial charge in [0.25, 0.3) is 5.91 Å². The Hall–Kier alpha value is -1.13. The fraction of sp³-hybridized carbons (Fsp3) is 0.364. The molecule has 1 aromatic rings. The minimum absolute atomic E-state index is 0.186. The van der Waals surface area contributed by atoms with E-state index in [0.717, 1.165) is 12.5 Å². The zero-order valence-electron chi connectivity index (χ0n) is 8.50. The van der Waals surface area contributed by atoms with E-state index in [1.54, 1.807) is 0 Å². The number of rotatable bonds is 2. The first-order valence-corrected chi connectivity index (χ1v) is 5.42. The summed E-state index contributed by atoms with van der Waals surface area (Å²) in [7, 11) is 0. The third-order valence-electron chi connectivity index (χ3n) is 2.41. The summed E-state index contributed by atoms with van der Waals surface area (Å²) in [5.41, 5.74) is 0.406. The van der Waals surface area contributed by atoms with Crippen molar-refractivity contribution in [1.29, 1.82) is 0 Å². The number of amides is 1. The molecule has 1 unspecified atom stereocenters. The Kier molecular flexibility index (Phi) is 3.41. The molecule has 86 valence electrons.